The number of fused-ring (bicyclic) bond motifs is 1. The summed E-state index contributed by atoms with van der Waals surface area (Å²) in [6.07, 6.45) is 1.70. The van der Waals surface area contributed by atoms with Gasteiger partial charge in [0.05, 0.1) is 59.9 Å². The van der Waals surface area contributed by atoms with Gasteiger partial charge in [-0.2, -0.15) is 5.26 Å². The summed E-state index contributed by atoms with van der Waals surface area (Å²) in [6, 6.07) is 19.3. The number of carbonyl (C=O) groups is 1. The molecule has 4 aromatic rings. The molecule has 1 aliphatic heterocycles. The van der Waals surface area contributed by atoms with Gasteiger partial charge in [0.25, 0.3) is 5.56 Å². The van der Waals surface area contributed by atoms with Crippen molar-refractivity contribution in [2.75, 3.05) is 20.3 Å². The van der Waals surface area contributed by atoms with Crippen molar-refractivity contribution >= 4 is 23.4 Å². The van der Waals surface area contributed by atoms with Crippen molar-refractivity contribution in [3.63, 3.8) is 0 Å². The molecule has 0 saturated carbocycles. The summed E-state index contributed by atoms with van der Waals surface area (Å²) in [6.45, 7) is 10.1. The largest absolute Gasteiger partial charge is 0.493 e. The monoisotopic (exact) mass is 667 g/mol. The van der Waals surface area contributed by atoms with Gasteiger partial charge in [-0.05, 0) is 93.8 Å². The highest BCUT2D eigenvalue weighted by Gasteiger charge is 2.34. The number of nitriles is 1. The maximum absolute atomic E-state index is 14.2. The first-order chi connectivity index (χ1) is 23.2. The zero-order chi connectivity index (χ0) is 34.4. The smallest absolute Gasteiger partial charge is 0.338 e. The highest BCUT2D eigenvalue weighted by molar-refractivity contribution is 7.07. The highest BCUT2D eigenvalue weighted by atomic mass is 32.1. The quantitative estimate of drug-likeness (QED) is 0.183. The molecule has 1 aliphatic rings. The van der Waals surface area contributed by atoms with Crippen LogP contribution in [0.5, 0.6) is 23.0 Å². The summed E-state index contributed by atoms with van der Waals surface area (Å²) >= 11 is 1.23. The number of allylic oxidation sites excluding steroid dienone is 1. The summed E-state index contributed by atoms with van der Waals surface area (Å²) in [5, 5.41) is 9.06. The number of hydrogen-bond acceptors (Lipinski definition) is 10. The van der Waals surface area contributed by atoms with Crippen molar-refractivity contribution in [1.29, 1.82) is 5.26 Å². The van der Waals surface area contributed by atoms with E-state index in [0.717, 1.165) is 11.1 Å². The van der Waals surface area contributed by atoms with Crippen molar-refractivity contribution in [1.82, 2.24) is 4.57 Å². The molecule has 5 rings (SSSR count). The number of nitrogens with zero attached hydrogens (tertiary/aromatic N) is 3. The number of methoxy groups -OCH3 is 1. The molecule has 48 heavy (non-hydrogen) atoms. The molecule has 10 nitrogen and oxygen atoms in total. The van der Waals surface area contributed by atoms with E-state index in [1.807, 2.05) is 51.1 Å². The fourth-order valence-electron chi connectivity index (χ4n) is 5.30. The van der Waals surface area contributed by atoms with E-state index in [1.165, 1.54) is 15.9 Å². The van der Waals surface area contributed by atoms with Crippen LogP contribution < -0.4 is 33.8 Å². The van der Waals surface area contributed by atoms with Gasteiger partial charge in [0, 0.05) is 0 Å². The lowest BCUT2D eigenvalue weighted by molar-refractivity contribution is -0.139. The molecular weight excluding hydrogens is 630 g/mol. The van der Waals surface area contributed by atoms with Crippen molar-refractivity contribution in [2.45, 2.75) is 53.4 Å². The number of aromatic nitrogens is 1. The third kappa shape index (κ3) is 7.29. The third-order valence-corrected chi connectivity index (χ3v) is 8.41. The average Bonchev–Trinajstić information content (AvgIpc) is 3.37. The molecule has 0 N–H and O–H groups in total. The maximum Gasteiger partial charge on any atom is 0.338 e. The summed E-state index contributed by atoms with van der Waals surface area (Å²) in [4.78, 5) is 32.6. The highest BCUT2D eigenvalue weighted by Crippen LogP contribution is 2.36. The van der Waals surface area contributed by atoms with Crippen molar-refractivity contribution < 1.29 is 28.5 Å². The topological polar surface area (TPSA) is 121 Å². The van der Waals surface area contributed by atoms with Crippen LogP contribution in [0, 0.1) is 11.3 Å². The fraction of sp³-hybridized carbons (Fsp3) is 0.297. The molecule has 3 aromatic carbocycles. The third-order valence-electron chi connectivity index (χ3n) is 7.43. The Hall–Kier alpha value is -5.34. The molecule has 0 radical (unpaired) electrons. The predicted octanol–water partition coefficient (Wildman–Crippen LogP) is 5.44. The number of carbonyl (C=O) groups excluding carboxylic acids is 1. The van der Waals surface area contributed by atoms with Crippen LogP contribution in [0.2, 0.25) is 0 Å². The summed E-state index contributed by atoms with van der Waals surface area (Å²) in [7, 11) is 1.55. The second kappa shape index (κ2) is 15.0. The Morgan fingerprint density at radius 2 is 1.75 bits per heavy atom. The molecule has 0 saturated heterocycles. The van der Waals surface area contributed by atoms with E-state index in [0.29, 0.717) is 62.4 Å². The SMILES string of the molecule is CCOC(=O)C1=C(C)N=c2s/c(=C/c3ccc(OCc4ccc(C#N)cc4)c(OCC)c3)c(=O)n2[C@H]1c1ccc(OC(C)C)c(OC)c1. The average molecular weight is 668 g/mol. The fourth-order valence-corrected chi connectivity index (χ4v) is 6.35. The van der Waals surface area contributed by atoms with Gasteiger partial charge in [0.2, 0.25) is 0 Å². The molecule has 1 aromatic heterocycles. The molecule has 0 unspecified atom stereocenters. The van der Waals surface area contributed by atoms with E-state index in [2.05, 4.69) is 11.1 Å². The van der Waals surface area contributed by atoms with E-state index in [-0.39, 0.29) is 23.8 Å². The molecular formula is C37H37N3O7S. The summed E-state index contributed by atoms with van der Waals surface area (Å²) in [5.41, 5.74) is 3.30. The second-order valence-electron chi connectivity index (χ2n) is 11.1. The molecule has 2 heterocycles. The Morgan fingerprint density at radius 3 is 2.42 bits per heavy atom. The van der Waals surface area contributed by atoms with Crippen LogP contribution >= 0.6 is 11.3 Å². The van der Waals surface area contributed by atoms with E-state index in [4.69, 9.17) is 28.9 Å². The van der Waals surface area contributed by atoms with Crippen LogP contribution in [0.4, 0.5) is 0 Å². The standard InChI is InChI=1S/C37H37N3O7S/c1-7-44-31-17-26(13-15-28(31)46-21-25-11-9-24(20-38)10-12-25)18-32-35(41)40-34(27-14-16-29(47-22(3)4)30(19-27)43-6)33(36(42)45-8-2)23(5)39-37(40)48-32/h9-19,22,34H,7-8,21H2,1-6H3/b32-18+/t34-/m0/s1. The van der Waals surface area contributed by atoms with Gasteiger partial charge in [-0.1, -0.05) is 35.6 Å². The van der Waals surface area contributed by atoms with Crippen LogP contribution in [0.15, 0.2) is 81.7 Å². The molecule has 0 fully saturated rings. The van der Waals surface area contributed by atoms with Gasteiger partial charge >= 0.3 is 5.97 Å². The lowest BCUT2D eigenvalue weighted by Crippen LogP contribution is -2.40. The first kappa shape index (κ1) is 34.0. The molecule has 1 atom stereocenters. The van der Waals surface area contributed by atoms with E-state index < -0.39 is 12.0 Å². The molecule has 0 spiro atoms. The minimum Gasteiger partial charge on any atom is -0.493 e. The Morgan fingerprint density at radius 1 is 1.00 bits per heavy atom. The minimum atomic E-state index is -0.804. The van der Waals surface area contributed by atoms with Crippen LogP contribution in [0.1, 0.15) is 62.9 Å². The first-order valence-electron chi connectivity index (χ1n) is 15.6. The van der Waals surface area contributed by atoms with E-state index >= 15 is 0 Å². The minimum absolute atomic E-state index is 0.0777. The number of hydrogen-bond donors (Lipinski definition) is 0. The Labute approximate surface area is 282 Å². The van der Waals surface area contributed by atoms with Gasteiger partial charge in [-0.3, -0.25) is 9.36 Å². The molecule has 248 valence electrons. The predicted molar refractivity (Wildman–Crippen MR) is 182 cm³/mol. The van der Waals surface area contributed by atoms with Crippen molar-refractivity contribution in [2.24, 2.45) is 4.99 Å². The van der Waals surface area contributed by atoms with Gasteiger partial charge in [-0.15, -0.1) is 0 Å². The van der Waals surface area contributed by atoms with Gasteiger partial charge in [-0.25, -0.2) is 9.79 Å². The molecule has 0 amide bonds. The number of thiazole rings is 1. The number of rotatable bonds is 12. The zero-order valence-corrected chi connectivity index (χ0v) is 28.6. The normalized spacial score (nSPS) is 14.2. The zero-order valence-electron chi connectivity index (χ0n) is 27.7. The summed E-state index contributed by atoms with van der Waals surface area (Å²) in [5.74, 6) is 1.57. The Balaban J connectivity index is 1.56. The Kier molecular flexibility index (Phi) is 10.7. The van der Waals surface area contributed by atoms with Crippen LogP contribution in [0.3, 0.4) is 0 Å². The van der Waals surface area contributed by atoms with Gasteiger partial charge in [0.1, 0.15) is 6.61 Å². The van der Waals surface area contributed by atoms with Crippen molar-refractivity contribution in [3.05, 3.63) is 114 Å². The maximum atomic E-state index is 14.2. The molecule has 11 heteroatoms. The molecule has 0 bridgehead atoms. The van der Waals surface area contributed by atoms with Gasteiger partial charge in [0.15, 0.2) is 27.8 Å². The number of benzene rings is 3. The Bertz CT molecular complexity index is 2070. The number of esters is 1. The first-order valence-corrected chi connectivity index (χ1v) is 16.4. The second-order valence-corrected chi connectivity index (χ2v) is 12.1. The summed E-state index contributed by atoms with van der Waals surface area (Å²) < 4.78 is 30.9. The molecule has 0 aliphatic carbocycles. The van der Waals surface area contributed by atoms with Crippen molar-refractivity contribution in [3.8, 4) is 29.1 Å². The lowest BCUT2D eigenvalue weighted by atomic mass is 9.95. The van der Waals surface area contributed by atoms with Gasteiger partial charge < -0.3 is 23.7 Å². The van der Waals surface area contributed by atoms with Crippen LogP contribution in [-0.2, 0) is 16.1 Å². The van der Waals surface area contributed by atoms with Crippen LogP contribution in [0.25, 0.3) is 6.08 Å². The lowest BCUT2D eigenvalue weighted by Gasteiger charge is -2.25. The van der Waals surface area contributed by atoms with E-state index in [1.54, 1.807) is 57.4 Å². The number of ether oxygens (including phenoxy) is 5. The van der Waals surface area contributed by atoms with E-state index in [9.17, 15) is 9.59 Å². The van der Waals surface area contributed by atoms with Crippen LogP contribution in [-0.4, -0.2) is 37.0 Å².